The summed E-state index contributed by atoms with van der Waals surface area (Å²) < 4.78 is 2.21. The van der Waals surface area contributed by atoms with Crippen LogP contribution in [0.25, 0.3) is 16.8 Å². The smallest absolute Gasteiger partial charge is 0.285 e. The Labute approximate surface area is 182 Å². The van der Waals surface area contributed by atoms with Crippen molar-refractivity contribution in [2.75, 3.05) is 5.32 Å². The van der Waals surface area contributed by atoms with E-state index >= 15 is 0 Å². The molecule has 4 aromatic rings. The van der Waals surface area contributed by atoms with Crippen molar-refractivity contribution >= 4 is 33.2 Å². The van der Waals surface area contributed by atoms with Crippen LogP contribution in [0.15, 0.2) is 57.8 Å². The van der Waals surface area contributed by atoms with Crippen LogP contribution in [0.2, 0.25) is 0 Å². The molecule has 0 bridgehead atoms. The Morgan fingerprint density at radius 1 is 1.17 bits per heavy atom. The van der Waals surface area contributed by atoms with Gasteiger partial charge in [0.1, 0.15) is 5.56 Å². The number of fused-ring (bicyclic) bond motifs is 1. The minimum absolute atomic E-state index is 0.0198. The normalized spacial score (nSPS) is 11.1. The number of aromatic nitrogens is 3. The summed E-state index contributed by atoms with van der Waals surface area (Å²) in [5.41, 5.74) is 4.81. The van der Waals surface area contributed by atoms with E-state index in [1.54, 1.807) is 6.92 Å². The molecule has 4 rings (SSSR count). The summed E-state index contributed by atoms with van der Waals surface area (Å²) in [7, 11) is 0. The van der Waals surface area contributed by atoms with Gasteiger partial charge in [0.05, 0.1) is 5.69 Å². The third-order valence-corrected chi connectivity index (χ3v) is 5.51. The number of hydrogen-bond acceptors (Lipinski definition) is 3. The highest BCUT2D eigenvalue weighted by molar-refractivity contribution is 9.10. The first kappa shape index (κ1) is 20.1. The molecular weight excluding hydrogens is 444 g/mol. The highest BCUT2D eigenvalue weighted by Gasteiger charge is 2.22. The molecule has 30 heavy (non-hydrogen) atoms. The molecule has 0 aliphatic carbocycles. The zero-order chi connectivity index (χ0) is 21.4. The fraction of sp³-hybridized carbons (Fsp3) is 0.174. The van der Waals surface area contributed by atoms with Crippen molar-refractivity contribution in [2.45, 2.75) is 27.2 Å². The Kier molecular flexibility index (Phi) is 5.30. The lowest BCUT2D eigenvalue weighted by molar-refractivity contribution is 0.102. The van der Waals surface area contributed by atoms with E-state index in [0.717, 1.165) is 33.3 Å². The van der Waals surface area contributed by atoms with Gasteiger partial charge in [-0.15, -0.1) is 0 Å². The summed E-state index contributed by atoms with van der Waals surface area (Å²) in [4.78, 5) is 30.8. The van der Waals surface area contributed by atoms with Crippen LogP contribution in [0.3, 0.4) is 0 Å². The summed E-state index contributed by atoms with van der Waals surface area (Å²) in [6.45, 7) is 5.62. The number of H-pyrrole nitrogens is 1. The Bertz CT molecular complexity index is 1320. The van der Waals surface area contributed by atoms with Gasteiger partial charge < -0.3 is 5.32 Å². The van der Waals surface area contributed by atoms with Crippen LogP contribution in [-0.2, 0) is 6.42 Å². The van der Waals surface area contributed by atoms with Crippen molar-refractivity contribution < 1.29 is 4.79 Å². The zero-order valence-corrected chi connectivity index (χ0v) is 18.5. The number of benzene rings is 2. The average molecular weight is 465 g/mol. The molecule has 152 valence electrons. The van der Waals surface area contributed by atoms with Crippen LogP contribution >= 0.6 is 15.9 Å². The van der Waals surface area contributed by atoms with E-state index in [1.807, 2.05) is 62.4 Å². The first-order valence-electron chi connectivity index (χ1n) is 9.67. The molecule has 6 nitrogen and oxygen atoms in total. The van der Waals surface area contributed by atoms with Crippen molar-refractivity contribution in [1.82, 2.24) is 14.6 Å². The summed E-state index contributed by atoms with van der Waals surface area (Å²) in [5.74, 6) is -0.479. The number of aromatic amines is 1. The quantitative estimate of drug-likeness (QED) is 0.451. The number of hydrogen-bond donors (Lipinski definition) is 2. The molecule has 2 N–H and O–H groups in total. The van der Waals surface area contributed by atoms with E-state index < -0.39 is 11.5 Å². The largest absolute Gasteiger partial charge is 0.322 e. The van der Waals surface area contributed by atoms with Crippen molar-refractivity contribution in [3.05, 3.63) is 85.9 Å². The summed E-state index contributed by atoms with van der Waals surface area (Å²) in [6.07, 6.45) is 0.835. The third kappa shape index (κ3) is 3.57. The number of anilines is 1. The molecule has 1 amide bonds. The Hall–Kier alpha value is -3.19. The first-order chi connectivity index (χ1) is 14.4. The molecule has 0 aliphatic heterocycles. The van der Waals surface area contributed by atoms with Gasteiger partial charge in [-0.3, -0.25) is 14.7 Å². The molecule has 0 saturated heterocycles. The molecule has 2 aromatic heterocycles. The lowest BCUT2D eigenvalue weighted by Gasteiger charge is -2.09. The number of halogens is 1. The van der Waals surface area contributed by atoms with E-state index in [1.165, 1.54) is 4.52 Å². The molecule has 0 atom stereocenters. The average Bonchev–Trinajstić information content (AvgIpc) is 3.04. The molecular formula is C23H21BrN4O2. The molecule has 2 aromatic carbocycles. The second kappa shape index (κ2) is 7.91. The van der Waals surface area contributed by atoms with Gasteiger partial charge in [-0.1, -0.05) is 53.2 Å². The number of amides is 1. The summed E-state index contributed by atoms with van der Waals surface area (Å²) >= 11 is 3.46. The predicted octanol–water partition coefficient (Wildman–Crippen LogP) is 4.88. The minimum atomic E-state index is -0.479. The van der Waals surface area contributed by atoms with E-state index in [4.69, 9.17) is 0 Å². The van der Waals surface area contributed by atoms with Gasteiger partial charge in [0.2, 0.25) is 0 Å². The van der Waals surface area contributed by atoms with Crippen LogP contribution in [0.4, 0.5) is 5.69 Å². The van der Waals surface area contributed by atoms with Crippen LogP contribution < -0.4 is 10.9 Å². The monoisotopic (exact) mass is 464 g/mol. The lowest BCUT2D eigenvalue weighted by atomic mass is 10.1. The lowest BCUT2D eigenvalue weighted by Crippen LogP contribution is -2.29. The second-order valence-electron chi connectivity index (χ2n) is 7.17. The standard InChI is InChI=1S/C23H21BrN4O2/c1-4-15-10-17(24)12-18(11-15)26-22(29)20-13(2)25-21-19(16-8-6-5-7-9-16)14(3)27-28(21)23(20)30/h5-12,27H,4H2,1-3H3,(H,26,29). The highest BCUT2D eigenvalue weighted by atomic mass is 79.9. The molecule has 0 radical (unpaired) electrons. The van der Waals surface area contributed by atoms with Crippen LogP contribution in [0.1, 0.15) is 34.2 Å². The van der Waals surface area contributed by atoms with Gasteiger partial charge in [0, 0.05) is 21.4 Å². The van der Waals surface area contributed by atoms with Gasteiger partial charge >= 0.3 is 0 Å². The number of aryl methyl sites for hydroxylation is 3. The van der Waals surface area contributed by atoms with Crippen LogP contribution in [-0.4, -0.2) is 20.5 Å². The first-order valence-corrected chi connectivity index (χ1v) is 10.5. The molecule has 0 saturated carbocycles. The van der Waals surface area contributed by atoms with Crippen LogP contribution in [0, 0.1) is 13.8 Å². The zero-order valence-electron chi connectivity index (χ0n) is 16.9. The number of carbonyl (C=O) groups excluding carboxylic acids is 1. The van der Waals surface area contributed by atoms with Gasteiger partial charge in [0.25, 0.3) is 11.5 Å². The molecule has 7 heteroatoms. The van der Waals surface area contributed by atoms with Gasteiger partial charge in [-0.25, -0.2) is 9.50 Å². The predicted molar refractivity (Wildman–Crippen MR) is 122 cm³/mol. The fourth-order valence-corrected chi connectivity index (χ4v) is 4.16. The van der Waals surface area contributed by atoms with E-state index in [-0.39, 0.29) is 5.56 Å². The van der Waals surface area contributed by atoms with E-state index in [2.05, 4.69) is 31.3 Å². The van der Waals surface area contributed by atoms with Crippen molar-refractivity contribution in [3.8, 4) is 11.1 Å². The minimum Gasteiger partial charge on any atom is -0.322 e. The van der Waals surface area contributed by atoms with E-state index in [9.17, 15) is 9.59 Å². The Balaban J connectivity index is 1.80. The molecule has 2 heterocycles. The van der Waals surface area contributed by atoms with Gasteiger partial charge in [-0.05, 0) is 49.6 Å². The van der Waals surface area contributed by atoms with Crippen molar-refractivity contribution in [3.63, 3.8) is 0 Å². The molecule has 0 spiro atoms. The molecule has 0 aliphatic rings. The second-order valence-corrected chi connectivity index (χ2v) is 8.09. The highest BCUT2D eigenvalue weighted by Crippen LogP contribution is 2.27. The van der Waals surface area contributed by atoms with Gasteiger partial charge in [-0.2, -0.15) is 0 Å². The number of carbonyl (C=O) groups is 1. The molecule has 0 fully saturated rings. The topological polar surface area (TPSA) is 79.3 Å². The Morgan fingerprint density at radius 3 is 2.60 bits per heavy atom. The SMILES string of the molecule is CCc1cc(Br)cc(NC(=O)c2c(C)nc3c(-c4ccccc4)c(C)[nH]n3c2=O)c1. The van der Waals surface area contributed by atoms with E-state index in [0.29, 0.717) is 17.0 Å². The maximum Gasteiger partial charge on any atom is 0.285 e. The maximum atomic E-state index is 13.2. The maximum absolute atomic E-state index is 13.2. The number of rotatable bonds is 4. The third-order valence-electron chi connectivity index (χ3n) is 5.06. The number of nitrogens with one attached hydrogen (secondary N) is 2. The van der Waals surface area contributed by atoms with Crippen molar-refractivity contribution in [1.29, 1.82) is 0 Å². The summed E-state index contributed by atoms with van der Waals surface area (Å²) in [6, 6.07) is 15.5. The molecule has 0 unspecified atom stereocenters. The van der Waals surface area contributed by atoms with Crippen LogP contribution in [0.5, 0.6) is 0 Å². The summed E-state index contributed by atoms with van der Waals surface area (Å²) in [5, 5.41) is 5.90. The van der Waals surface area contributed by atoms with Gasteiger partial charge in [0.15, 0.2) is 5.65 Å². The van der Waals surface area contributed by atoms with Crippen molar-refractivity contribution in [2.24, 2.45) is 0 Å². The Morgan fingerprint density at radius 2 is 1.90 bits per heavy atom. The fourth-order valence-electron chi connectivity index (χ4n) is 3.62. The number of nitrogens with zero attached hydrogens (tertiary/aromatic N) is 2.